The second-order valence-electron chi connectivity index (χ2n) is 4.30. The number of nitrogens with one attached hydrogen (secondary N) is 1. The van der Waals surface area contributed by atoms with Gasteiger partial charge >= 0.3 is 0 Å². The van der Waals surface area contributed by atoms with Gasteiger partial charge in [0, 0.05) is 23.9 Å². The molecule has 3 nitrogen and oxygen atoms in total. The number of aromatic nitrogens is 2. The van der Waals surface area contributed by atoms with Gasteiger partial charge in [-0.1, -0.05) is 6.07 Å². The molecule has 19 heavy (non-hydrogen) atoms. The van der Waals surface area contributed by atoms with Gasteiger partial charge in [-0.3, -0.25) is 4.68 Å². The van der Waals surface area contributed by atoms with Crippen LogP contribution in [0.5, 0.6) is 0 Å². The van der Waals surface area contributed by atoms with Gasteiger partial charge in [-0.15, -0.1) is 0 Å². The lowest BCUT2D eigenvalue weighted by Crippen LogP contribution is -2.20. The zero-order valence-electron chi connectivity index (χ0n) is 10.8. The zero-order chi connectivity index (χ0) is 14.2. The first kappa shape index (κ1) is 13.6. The number of aryl methyl sites for hydroxylation is 1. The summed E-state index contributed by atoms with van der Waals surface area (Å²) in [5, 5.41) is 6.96. The molecule has 2 rings (SSSR count). The molecule has 1 unspecified atom stereocenters. The van der Waals surface area contributed by atoms with Gasteiger partial charge in [0.25, 0.3) is 0 Å². The van der Waals surface area contributed by atoms with Crippen LogP contribution in [0.25, 0.3) is 0 Å². The lowest BCUT2D eigenvalue weighted by Gasteiger charge is -2.17. The molecule has 2 aromatic rings. The molecule has 0 amide bonds. The highest BCUT2D eigenvalue weighted by molar-refractivity contribution is 5.34. The number of rotatable bonds is 3. The SMILES string of the molecule is CNC(c1ccc(F)c(F)c1F)c1cnn(C)c1C. The molecule has 0 saturated carbocycles. The second kappa shape index (κ2) is 5.05. The minimum atomic E-state index is -1.46. The quantitative estimate of drug-likeness (QED) is 0.867. The molecule has 0 spiro atoms. The third-order valence-corrected chi connectivity index (χ3v) is 3.25. The third kappa shape index (κ3) is 2.23. The predicted molar refractivity (Wildman–Crippen MR) is 65.2 cm³/mol. The molecule has 1 heterocycles. The second-order valence-corrected chi connectivity index (χ2v) is 4.30. The third-order valence-electron chi connectivity index (χ3n) is 3.25. The first-order valence-corrected chi connectivity index (χ1v) is 5.76. The Hall–Kier alpha value is -1.82. The van der Waals surface area contributed by atoms with Crippen molar-refractivity contribution in [1.82, 2.24) is 15.1 Å². The topological polar surface area (TPSA) is 29.9 Å². The molecule has 0 bridgehead atoms. The lowest BCUT2D eigenvalue weighted by atomic mass is 9.98. The Bertz CT molecular complexity index is 607. The molecule has 1 aromatic heterocycles. The summed E-state index contributed by atoms with van der Waals surface area (Å²) in [6, 6.07) is 1.58. The summed E-state index contributed by atoms with van der Waals surface area (Å²) in [6.07, 6.45) is 1.58. The van der Waals surface area contributed by atoms with E-state index in [9.17, 15) is 13.2 Å². The van der Waals surface area contributed by atoms with Crippen LogP contribution in [0.3, 0.4) is 0 Å². The maximum atomic E-state index is 13.8. The van der Waals surface area contributed by atoms with Gasteiger partial charge in [-0.25, -0.2) is 13.2 Å². The number of benzene rings is 1. The molecule has 1 atom stereocenters. The summed E-state index contributed by atoms with van der Waals surface area (Å²) < 4.78 is 41.7. The maximum Gasteiger partial charge on any atom is 0.194 e. The van der Waals surface area contributed by atoms with E-state index in [0.717, 1.165) is 17.3 Å². The lowest BCUT2D eigenvalue weighted by molar-refractivity contribution is 0.435. The Balaban J connectivity index is 2.55. The van der Waals surface area contributed by atoms with Crippen molar-refractivity contribution in [2.45, 2.75) is 13.0 Å². The summed E-state index contributed by atoms with van der Waals surface area (Å²) in [5.74, 6) is -3.83. The van der Waals surface area contributed by atoms with Crippen molar-refractivity contribution in [2.24, 2.45) is 7.05 Å². The van der Waals surface area contributed by atoms with Crippen molar-refractivity contribution >= 4 is 0 Å². The van der Waals surface area contributed by atoms with Crippen molar-refractivity contribution in [1.29, 1.82) is 0 Å². The standard InChI is InChI=1S/C13H14F3N3/c1-7-9(6-18-19(7)3)13(17-2)8-4-5-10(14)12(16)11(8)15/h4-6,13,17H,1-3H3. The molecule has 1 aromatic carbocycles. The van der Waals surface area contributed by atoms with Crippen LogP contribution < -0.4 is 5.32 Å². The number of hydrogen-bond donors (Lipinski definition) is 1. The van der Waals surface area contributed by atoms with Crippen LogP contribution in [0.1, 0.15) is 22.9 Å². The minimum Gasteiger partial charge on any atom is -0.309 e. The molecule has 0 aliphatic heterocycles. The normalized spacial score (nSPS) is 12.7. The largest absolute Gasteiger partial charge is 0.309 e. The molecule has 0 fully saturated rings. The van der Waals surface area contributed by atoms with E-state index in [1.54, 1.807) is 25.0 Å². The molecule has 6 heteroatoms. The van der Waals surface area contributed by atoms with Gasteiger partial charge in [-0.2, -0.15) is 5.10 Å². The summed E-state index contributed by atoms with van der Waals surface area (Å²) in [7, 11) is 3.38. The first-order chi connectivity index (χ1) is 8.97. The molecule has 0 radical (unpaired) electrons. The fraction of sp³-hybridized carbons (Fsp3) is 0.308. The van der Waals surface area contributed by atoms with Gasteiger partial charge in [-0.05, 0) is 20.0 Å². The Kier molecular flexibility index (Phi) is 3.61. The van der Waals surface area contributed by atoms with Gasteiger partial charge in [0.15, 0.2) is 17.5 Å². The van der Waals surface area contributed by atoms with E-state index in [1.807, 2.05) is 6.92 Å². The number of hydrogen-bond acceptors (Lipinski definition) is 2. The summed E-state index contributed by atoms with van der Waals surface area (Å²) in [4.78, 5) is 0. The predicted octanol–water partition coefficient (Wildman–Crippen LogP) is 2.45. The Labute approximate surface area is 109 Å². The Morgan fingerprint density at radius 1 is 1.16 bits per heavy atom. The van der Waals surface area contributed by atoms with Crippen LogP contribution in [-0.2, 0) is 7.05 Å². The highest BCUT2D eigenvalue weighted by Crippen LogP contribution is 2.28. The van der Waals surface area contributed by atoms with Crippen molar-refractivity contribution in [2.75, 3.05) is 7.05 Å². The zero-order valence-corrected chi connectivity index (χ0v) is 10.8. The number of halogens is 3. The number of nitrogens with zero attached hydrogens (tertiary/aromatic N) is 2. The van der Waals surface area contributed by atoms with Gasteiger partial charge in [0.2, 0.25) is 0 Å². The summed E-state index contributed by atoms with van der Waals surface area (Å²) >= 11 is 0. The van der Waals surface area contributed by atoms with E-state index in [0.29, 0.717) is 0 Å². The van der Waals surface area contributed by atoms with Crippen LogP contribution in [-0.4, -0.2) is 16.8 Å². The van der Waals surface area contributed by atoms with E-state index < -0.39 is 23.5 Å². The average molecular weight is 269 g/mol. The fourth-order valence-electron chi connectivity index (χ4n) is 2.04. The van der Waals surface area contributed by atoms with E-state index in [4.69, 9.17) is 0 Å². The Morgan fingerprint density at radius 2 is 1.84 bits per heavy atom. The van der Waals surface area contributed by atoms with Crippen LogP contribution in [0, 0.1) is 24.4 Å². The molecule has 0 aliphatic rings. The van der Waals surface area contributed by atoms with Gasteiger partial charge in [0.1, 0.15) is 0 Å². The molecule has 0 saturated heterocycles. The van der Waals surface area contributed by atoms with E-state index in [-0.39, 0.29) is 5.56 Å². The van der Waals surface area contributed by atoms with Crippen molar-refractivity contribution < 1.29 is 13.2 Å². The molecular formula is C13H14F3N3. The van der Waals surface area contributed by atoms with Crippen LogP contribution in [0.2, 0.25) is 0 Å². The highest BCUT2D eigenvalue weighted by Gasteiger charge is 2.23. The summed E-state index contributed by atoms with van der Waals surface area (Å²) in [5.41, 5.74) is 1.59. The highest BCUT2D eigenvalue weighted by atomic mass is 19.2. The van der Waals surface area contributed by atoms with Crippen molar-refractivity contribution in [3.05, 3.63) is 52.6 Å². The van der Waals surface area contributed by atoms with Gasteiger partial charge < -0.3 is 5.32 Å². The average Bonchev–Trinajstić information content (AvgIpc) is 2.72. The minimum absolute atomic E-state index is 0.0532. The molecular weight excluding hydrogens is 255 g/mol. The molecule has 102 valence electrons. The van der Waals surface area contributed by atoms with E-state index in [2.05, 4.69) is 10.4 Å². The van der Waals surface area contributed by atoms with Crippen molar-refractivity contribution in [3.63, 3.8) is 0 Å². The van der Waals surface area contributed by atoms with E-state index >= 15 is 0 Å². The van der Waals surface area contributed by atoms with Crippen LogP contribution in [0.4, 0.5) is 13.2 Å². The van der Waals surface area contributed by atoms with Crippen molar-refractivity contribution in [3.8, 4) is 0 Å². The van der Waals surface area contributed by atoms with Gasteiger partial charge in [0.05, 0.1) is 12.2 Å². The van der Waals surface area contributed by atoms with Crippen LogP contribution >= 0.6 is 0 Å². The first-order valence-electron chi connectivity index (χ1n) is 5.76. The maximum absolute atomic E-state index is 13.8. The Morgan fingerprint density at radius 3 is 2.37 bits per heavy atom. The molecule has 1 N–H and O–H groups in total. The summed E-state index contributed by atoms with van der Waals surface area (Å²) in [6.45, 7) is 1.82. The fourth-order valence-corrected chi connectivity index (χ4v) is 2.04. The van der Waals surface area contributed by atoms with E-state index in [1.165, 1.54) is 6.07 Å². The van der Waals surface area contributed by atoms with Crippen LogP contribution in [0.15, 0.2) is 18.3 Å². The monoisotopic (exact) mass is 269 g/mol. The smallest absolute Gasteiger partial charge is 0.194 e. The molecule has 0 aliphatic carbocycles.